The molecule has 2 heterocycles. The zero-order valence-corrected chi connectivity index (χ0v) is 14.2. The number of aromatic nitrogens is 2. The number of Topliss-reactive ketones (excluding diaryl/α,β-unsaturated/α-hetero) is 1. The lowest BCUT2D eigenvalue weighted by Crippen LogP contribution is -2.42. The summed E-state index contributed by atoms with van der Waals surface area (Å²) in [7, 11) is 1.67. The van der Waals surface area contributed by atoms with Crippen LogP contribution < -0.4 is 4.74 Å². The molecule has 1 aliphatic heterocycles. The summed E-state index contributed by atoms with van der Waals surface area (Å²) >= 11 is 0. The van der Waals surface area contributed by atoms with E-state index in [2.05, 4.69) is 24.0 Å². The molecule has 0 bridgehead atoms. The van der Waals surface area contributed by atoms with Gasteiger partial charge in [-0.3, -0.25) is 9.89 Å². The second-order valence-corrected chi connectivity index (χ2v) is 7.46. The van der Waals surface area contributed by atoms with Crippen molar-refractivity contribution in [1.29, 1.82) is 0 Å². The van der Waals surface area contributed by atoms with Gasteiger partial charge in [0.2, 0.25) is 0 Å². The predicted octanol–water partition coefficient (Wildman–Crippen LogP) is 3.64. The van der Waals surface area contributed by atoms with E-state index in [-0.39, 0.29) is 23.0 Å². The number of rotatable bonds is 2. The highest BCUT2D eigenvalue weighted by Gasteiger charge is 2.46. The molecule has 2 aromatic rings. The lowest BCUT2D eigenvalue weighted by Gasteiger charge is -2.40. The number of benzene rings is 1. The van der Waals surface area contributed by atoms with Gasteiger partial charge in [-0.05, 0) is 17.9 Å². The quantitative estimate of drug-likeness (QED) is 0.917. The highest BCUT2D eigenvalue weighted by molar-refractivity contribution is 6.11. The van der Waals surface area contributed by atoms with E-state index in [1.165, 1.54) is 0 Å². The van der Waals surface area contributed by atoms with E-state index in [9.17, 15) is 4.79 Å². The van der Waals surface area contributed by atoms with Gasteiger partial charge in [0.25, 0.3) is 0 Å². The Morgan fingerprint density at radius 2 is 1.96 bits per heavy atom. The second-order valence-electron chi connectivity index (χ2n) is 7.46. The fourth-order valence-corrected chi connectivity index (χ4v) is 4.12. The smallest absolute Gasteiger partial charge is 0.151 e. The zero-order valence-electron chi connectivity index (χ0n) is 14.2. The third-order valence-corrected chi connectivity index (χ3v) is 5.06. The van der Waals surface area contributed by atoms with Crippen LogP contribution in [0.4, 0.5) is 5.82 Å². The van der Waals surface area contributed by atoms with Gasteiger partial charge in [-0.1, -0.05) is 32.0 Å². The Kier molecular flexibility index (Phi) is 3.34. The fraction of sp³-hybridized carbons (Fsp3) is 0.421. The van der Waals surface area contributed by atoms with Crippen LogP contribution in [0.3, 0.4) is 0 Å². The van der Waals surface area contributed by atoms with Gasteiger partial charge in [-0.25, -0.2) is 4.99 Å². The van der Waals surface area contributed by atoms with Crippen LogP contribution in [0.15, 0.2) is 35.5 Å². The van der Waals surface area contributed by atoms with Crippen LogP contribution in [0.25, 0.3) is 0 Å². The molecule has 5 nitrogen and oxygen atoms in total. The third-order valence-electron chi connectivity index (χ3n) is 5.06. The van der Waals surface area contributed by atoms with Gasteiger partial charge in [-0.15, -0.1) is 0 Å². The number of nitrogens with zero attached hydrogens (tertiary/aromatic N) is 2. The Bertz CT molecular complexity index is 835. The molecular formula is C19H21N3O2. The van der Waals surface area contributed by atoms with Crippen LogP contribution in [0, 0.1) is 11.3 Å². The van der Waals surface area contributed by atoms with E-state index >= 15 is 0 Å². The van der Waals surface area contributed by atoms with Crippen molar-refractivity contribution in [2.24, 2.45) is 16.3 Å². The van der Waals surface area contributed by atoms with Crippen molar-refractivity contribution in [1.82, 2.24) is 10.2 Å². The molecule has 0 spiro atoms. The fourth-order valence-electron chi connectivity index (χ4n) is 4.12. The highest BCUT2D eigenvalue weighted by Crippen LogP contribution is 2.49. The van der Waals surface area contributed by atoms with Crippen LogP contribution >= 0.6 is 0 Å². The number of ether oxygens (including phenoxy) is 1. The van der Waals surface area contributed by atoms with E-state index < -0.39 is 0 Å². The standard InChI is InChI=1S/C19H21N3O2/c1-19(2)8-13-17(14(23)9-19)16(12-10-20-22-18(12)21-13)11-6-4-5-7-15(11)24-3/h4-7,10,16-17H,8-9H2,1-3H3,(H,20,22). The monoisotopic (exact) mass is 323 g/mol. The molecule has 1 aromatic carbocycles. The summed E-state index contributed by atoms with van der Waals surface area (Å²) in [6.07, 6.45) is 3.20. The maximum atomic E-state index is 13.0. The number of hydrogen-bond donors (Lipinski definition) is 1. The molecule has 2 aliphatic rings. The van der Waals surface area contributed by atoms with Gasteiger partial charge in [0.1, 0.15) is 11.5 Å². The van der Waals surface area contributed by atoms with Gasteiger partial charge in [-0.2, -0.15) is 5.10 Å². The first-order valence-electron chi connectivity index (χ1n) is 8.26. The lowest BCUT2D eigenvalue weighted by molar-refractivity contribution is -0.124. The molecule has 0 saturated heterocycles. The lowest BCUT2D eigenvalue weighted by atomic mass is 9.64. The number of nitrogens with one attached hydrogen (secondary N) is 1. The van der Waals surface area contributed by atoms with Crippen LogP contribution in [0.1, 0.15) is 43.7 Å². The van der Waals surface area contributed by atoms with E-state index in [1.54, 1.807) is 13.3 Å². The number of aromatic amines is 1. The minimum absolute atomic E-state index is 0.0464. The molecule has 4 rings (SSSR count). The second kappa shape index (κ2) is 5.30. The summed E-state index contributed by atoms with van der Waals surface area (Å²) in [5.74, 6) is 1.51. The Balaban J connectivity index is 1.90. The number of hydrogen-bond acceptors (Lipinski definition) is 4. The summed E-state index contributed by atoms with van der Waals surface area (Å²) in [5, 5.41) is 7.15. The van der Waals surface area contributed by atoms with E-state index in [0.717, 1.165) is 34.8 Å². The number of fused-ring (bicyclic) bond motifs is 2. The van der Waals surface area contributed by atoms with Gasteiger partial charge in [0, 0.05) is 29.2 Å². The van der Waals surface area contributed by atoms with Crippen molar-refractivity contribution < 1.29 is 9.53 Å². The minimum atomic E-state index is -0.223. The molecule has 1 aromatic heterocycles. The zero-order chi connectivity index (χ0) is 16.9. The largest absolute Gasteiger partial charge is 0.496 e. The van der Waals surface area contributed by atoms with Crippen molar-refractivity contribution in [2.75, 3.05) is 7.11 Å². The van der Waals surface area contributed by atoms with Crippen molar-refractivity contribution in [3.8, 4) is 5.75 Å². The van der Waals surface area contributed by atoms with Crippen molar-refractivity contribution in [2.45, 2.75) is 32.6 Å². The van der Waals surface area contributed by atoms with Crippen LogP contribution in [0.2, 0.25) is 0 Å². The first-order chi connectivity index (χ1) is 11.5. The SMILES string of the molecule is COc1ccccc1C1c2cn[nH]c2N=C2CC(C)(C)CC(=O)C21. The Morgan fingerprint density at radius 1 is 1.17 bits per heavy atom. The maximum absolute atomic E-state index is 13.0. The maximum Gasteiger partial charge on any atom is 0.151 e. The van der Waals surface area contributed by atoms with E-state index in [4.69, 9.17) is 9.73 Å². The average Bonchev–Trinajstić information content (AvgIpc) is 2.99. The first-order valence-corrected chi connectivity index (χ1v) is 8.26. The molecule has 0 amide bonds. The normalized spacial score (nSPS) is 24.8. The van der Waals surface area contributed by atoms with Crippen molar-refractivity contribution >= 4 is 17.3 Å². The Labute approximate surface area is 141 Å². The van der Waals surface area contributed by atoms with Crippen LogP contribution in [-0.4, -0.2) is 28.8 Å². The number of methoxy groups -OCH3 is 1. The van der Waals surface area contributed by atoms with E-state index in [0.29, 0.717) is 6.42 Å². The molecule has 1 saturated carbocycles. The predicted molar refractivity (Wildman–Crippen MR) is 92.0 cm³/mol. The van der Waals surface area contributed by atoms with Crippen molar-refractivity contribution in [3.63, 3.8) is 0 Å². The average molecular weight is 323 g/mol. The molecule has 2 atom stereocenters. The van der Waals surface area contributed by atoms with Gasteiger partial charge in [0.05, 0.1) is 19.2 Å². The minimum Gasteiger partial charge on any atom is -0.496 e. The third kappa shape index (κ3) is 2.27. The Hall–Kier alpha value is -2.43. The molecule has 24 heavy (non-hydrogen) atoms. The number of para-hydroxylation sites is 1. The first kappa shape index (κ1) is 15.1. The summed E-state index contributed by atoms with van der Waals surface area (Å²) in [5.41, 5.74) is 2.91. The molecular weight excluding hydrogens is 302 g/mol. The Morgan fingerprint density at radius 3 is 2.75 bits per heavy atom. The molecule has 5 heteroatoms. The highest BCUT2D eigenvalue weighted by atomic mass is 16.5. The number of carbonyl (C=O) groups is 1. The summed E-state index contributed by atoms with van der Waals surface area (Å²) < 4.78 is 5.56. The molecule has 2 unspecified atom stereocenters. The number of aliphatic imine (C=N–C) groups is 1. The number of H-pyrrole nitrogens is 1. The summed E-state index contributed by atoms with van der Waals surface area (Å²) in [4.78, 5) is 17.7. The topological polar surface area (TPSA) is 67.3 Å². The molecule has 124 valence electrons. The van der Waals surface area contributed by atoms with Gasteiger partial charge in [0.15, 0.2) is 5.82 Å². The number of ketones is 1. The van der Waals surface area contributed by atoms with Gasteiger partial charge < -0.3 is 4.74 Å². The molecule has 1 fully saturated rings. The van der Waals surface area contributed by atoms with Crippen molar-refractivity contribution in [3.05, 3.63) is 41.6 Å². The van der Waals surface area contributed by atoms with Crippen LogP contribution in [0.5, 0.6) is 5.75 Å². The van der Waals surface area contributed by atoms with E-state index in [1.807, 2.05) is 24.3 Å². The van der Waals surface area contributed by atoms with Crippen LogP contribution in [-0.2, 0) is 4.79 Å². The summed E-state index contributed by atoms with van der Waals surface area (Å²) in [6.45, 7) is 4.26. The molecule has 0 radical (unpaired) electrons. The van der Waals surface area contributed by atoms with Gasteiger partial charge >= 0.3 is 0 Å². The molecule has 1 N–H and O–H groups in total. The number of carbonyl (C=O) groups excluding carboxylic acids is 1. The summed E-state index contributed by atoms with van der Waals surface area (Å²) in [6, 6.07) is 7.91. The molecule has 1 aliphatic carbocycles.